The van der Waals surface area contributed by atoms with Gasteiger partial charge in [0.2, 0.25) is 0 Å². The van der Waals surface area contributed by atoms with Crippen molar-refractivity contribution in [1.29, 1.82) is 0 Å². The number of benzene rings is 1. The fourth-order valence-corrected chi connectivity index (χ4v) is 5.53. The Hall–Kier alpha value is -2.51. The third-order valence-corrected chi connectivity index (χ3v) is 7.17. The number of carbonyl (C=O) groups is 1. The number of ketones is 1. The second-order valence-corrected chi connectivity index (χ2v) is 9.12. The van der Waals surface area contributed by atoms with Gasteiger partial charge in [0.15, 0.2) is 5.78 Å². The smallest absolute Gasteiger partial charge is 0.174 e. The van der Waals surface area contributed by atoms with Gasteiger partial charge in [0.25, 0.3) is 0 Å². The van der Waals surface area contributed by atoms with Gasteiger partial charge in [-0.3, -0.25) is 4.79 Å². The summed E-state index contributed by atoms with van der Waals surface area (Å²) in [5.41, 5.74) is 4.26. The van der Waals surface area contributed by atoms with Crippen LogP contribution in [0, 0.1) is 33.5 Å². The number of thioether (sulfide) groups is 1. The van der Waals surface area contributed by atoms with Crippen LogP contribution in [0.15, 0.2) is 41.7 Å². The minimum atomic E-state index is -0.298. The Balaban J connectivity index is 1.61. The summed E-state index contributed by atoms with van der Waals surface area (Å²) in [6, 6.07) is 8.27. The van der Waals surface area contributed by atoms with E-state index in [2.05, 4.69) is 23.8 Å². The average Bonchev–Trinajstić information content (AvgIpc) is 3.15. The Kier molecular flexibility index (Phi) is 5.27. The summed E-state index contributed by atoms with van der Waals surface area (Å²) in [6.07, 6.45) is 1.56. The molecule has 0 amide bonds. The predicted molar refractivity (Wildman–Crippen MR) is 117 cm³/mol. The zero-order valence-corrected chi connectivity index (χ0v) is 18.2. The Morgan fingerprint density at radius 1 is 1.17 bits per heavy atom. The molecule has 7 heteroatoms. The van der Waals surface area contributed by atoms with E-state index in [0.29, 0.717) is 11.3 Å². The van der Waals surface area contributed by atoms with E-state index in [1.165, 1.54) is 34.3 Å². The molecule has 0 N–H and O–H groups in total. The Bertz CT molecular complexity index is 1240. The van der Waals surface area contributed by atoms with Crippen molar-refractivity contribution in [2.45, 2.75) is 32.7 Å². The van der Waals surface area contributed by atoms with Crippen molar-refractivity contribution in [2.75, 3.05) is 5.75 Å². The highest BCUT2D eigenvalue weighted by Crippen LogP contribution is 2.35. The van der Waals surface area contributed by atoms with Crippen LogP contribution in [0.4, 0.5) is 4.39 Å². The quantitative estimate of drug-likeness (QED) is 0.229. The van der Waals surface area contributed by atoms with E-state index < -0.39 is 0 Å². The Labute approximate surface area is 176 Å². The van der Waals surface area contributed by atoms with E-state index >= 15 is 0 Å². The number of Topliss-reactive ketones (excluding diaryl/α,β-unsaturated/α-hetero) is 1. The molecule has 0 radical (unpaired) electrons. The largest absolute Gasteiger partial charge is 0.318 e. The van der Waals surface area contributed by atoms with E-state index in [-0.39, 0.29) is 17.4 Å². The summed E-state index contributed by atoms with van der Waals surface area (Å²) in [5.74, 6) is 0.0169. The molecule has 0 aliphatic heterocycles. The molecule has 3 heterocycles. The van der Waals surface area contributed by atoms with Crippen molar-refractivity contribution >= 4 is 39.1 Å². The van der Waals surface area contributed by atoms with Crippen molar-refractivity contribution in [3.05, 3.63) is 69.9 Å². The molecule has 0 atom stereocenters. The normalized spacial score (nSPS) is 11.3. The van der Waals surface area contributed by atoms with E-state index in [1.807, 2.05) is 30.5 Å². The molecule has 0 fully saturated rings. The highest BCUT2D eigenvalue weighted by molar-refractivity contribution is 8.00. The maximum atomic E-state index is 13.7. The predicted octanol–water partition coefficient (Wildman–Crippen LogP) is 5.83. The van der Waals surface area contributed by atoms with Gasteiger partial charge in [-0.1, -0.05) is 17.8 Å². The van der Waals surface area contributed by atoms with Crippen molar-refractivity contribution in [3.8, 4) is 5.69 Å². The number of halogens is 1. The number of nitrogens with zero attached hydrogens (tertiary/aromatic N) is 3. The topological polar surface area (TPSA) is 47.8 Å². The van der Waals surface area contributed by atoms with Gasteiger partial charge >= 0.3 is 0 Å². The molecule has 0 aliphatic carbocycles. The zero-order valence-electron chi connectivity index (χ0n) is 16.6. The first-order valence-electron chi connectivity index (χ1n) is 9.18. The fraction of sp³-hybridized carbons (Fsp3) is 0.227. The van der Waals surface area contributed by atoms with E-state index in [9.17, 15) is 9.18 Å². The van der Waals surface area contributed by atoms with Gasteiger partial charge in [-0.2, -0.15) is 0 Å². The molecule has 0 spiro atoms. The summed E-state index contributed by atoms with van der Waals surface area (Å²) >= 11 is 3.09. The van der Waals surface area contributed by atoms with Crippen LogP contribution < -0.4 is 0 Å². The first kappa shape index (κ1) is 19.8. The van der Waals surface area contributed by atoms with Crippen LogP contribution in [0.5, 0.6) is 0 Å². The summed E-state index contributed by atoms with van der Waals surface area (Å²) in [7, 11) is 0. The first-order chi connectivity index (χ1) is 13.9. The maximum Gasteiger partial charge on any atom is 0.174 e. The highest BCUT2D eigenvalue weighted by Gasteiger charge is 2.19. The molecule has 148 valence electrons. The van der Waals surface area contributed by atoms with Gasteiger partial charge in [0, 0.05) is 32.9 Å². The number of aromatic nitrogens is 3. The minimum Gasteiger partial charge on any atom is -0.318 e. The molecule has 4 aromatic rings. The van der Waals surface area contributed by atoms with Crippen molar-refractivity contribution in [3.63, 3.8) is 0 Å². The lowest BCUT2D eigenvalue weighted by Gasteiger charge is -2.10. The average molecular weight is 426 g/mol. The molecule has 4 nitrogen and oxygen atoms in total. The summed E-state index contributed by atoms with van der Waals surface area (Å²) in [5, 5.41) is 1.88. The second kappa shape index (κ2) is 7.72. The molecule has 0 saturated carbocycles. The number of carbonyl (C=O) groups excluding carboxylic acids is 1. The van der Waals surface area contributed by atoms with Crippen LogP contribution in [0.2, 0.25) is 0 Å². The number of hydrogen-bond acceptors (Lipinski definition) is 5. The fourth-order valence-electron chi connectivity index (χ4n) is 3.53. The molecule has 1 aromatic carbocycles. The Morgan fingerprint density at radius 2 is 1.97 bits per heavy atom. The van der Waals surface area contributed by atoms with Crippen molar-refractivity contribution < 1.29 is 9.18 Å². The van der Waals surface area contributed by atoms with E-state index in [4.69, 9.17) is 0 Å². The third-order valence-electron chi connectivity index (χ3n) is 5.07. The van der Waals surface area contributed by atoms with Gasteiger partial charge in [0.05, 0.1) is 5.75 Å². The SMILES string of the molecule is Cc1sc2ncnc(SCC(=O)c3cc(C)n(-c4cccc(F)c4)c3C)c2c1C. The lowest BCUT2D eigenvalue weighted by molar-refractivity contribution is 0.102. The number of thiophene rings is 1. The first-order valence-corrected chi connectivity index (χ1v) is 11.0. The number of aryl methyl sites for hydroxylation is 3. The van der Waals surface area contributed by atoms with E-state index in [1.54, 1.807) is 23.7 Å². The van der Waals surface area contributed by atoms with Crippen LogP contribution in [0.3, 0.4) is 0 Å². The number of rotatable bonds is 5. The van der Waals surface area contributed by atoms with Gasteiger partial charge in [-0.15, -0.1) is 11.3 Å². The molecule has 3 aromatic heterocycles. The van der Waals surface area contributed by atoms with Crippen LogP contribution >= 0.6 is 23.1 Å². The number of hydrogen-bond donors (Lipinski definition) is 0. The second-order valence-electron chi connectivity index (χ2n) is 6.95. The van der Waals surface area contributed by atoms with Crippen molar-refractivity contribution in [2.24, 2.45) is 0 Å². The molecule has 29 heavy (non-hydrogen) atoms. The van der Waals surface area contributed by atoms with Gasteiger partial charge < -0.3 is 4.57 Å². The van der Waals surface area contributed by atoms with Crippen molar-refractivity contribution in [1.82, 2.24) is 14.5 Å². The lowest BCUT2D eigenvalue weighted by Crippen LogP contribution is -2.06. The number of fused-ring (bicyclic) bond motifs is 1. The van der Waals surface area contributed by atoms with Crippen LogP contribution in [-0.4, -0.2) is 26.1 Å². The summed E-state index contributed by atoms with van der Waals surface area (Å²) in [4.78, 5) is 23.9. The lowest BCUT2D eigenvalue weighted by atomic mass is 10.2. The van der Waals surface area contributed by atoms with E-state index in [0.717, 1.165) is 26.6 Å². The molecule has 0 bridgehead atoms. The molecular weight excluding hydrogens is 405 g/mol. The van der Waals surface area contributed by atoms with Crippen LogP contribution in [-0.2, 0) is 0 Å². The minimum absolute atomic E-state index is 0.0297. The highest BCUT2D eigenvalue weighted by atomic mass is 32.2. The monoisotopic (exact) mass is 425 g/mol. The van der Waals surface area contributed by atoms with Gasteiger partial charge in [-0.05, 0) is 57.5 Å². The van der Waals surface area contributed by atoms with Crippen LogP contribution in [0.25, 0.3) is 15.9 Å². The van der Waals surface area contributed by atoms with Gasteiger partial charge in [0.1, 0.15) is 22.0 Å². The van der Waals surface area contributed by atoms with Gasteiger partial charge in [-0.25, -0.2) is 14.4 Å². The van der Waals surface area contributed by atoms with Crippen LogP contribution in [0.1, 0.15) is 32.2 Å². The molecule has 4 rings (SSSR count). The summed E-state index contributed by atoms with van der Waals surface area (Å²) in [6.45, 7) is 7.96. The maximum absolute atomic E-state index is 13.7. The molecular formula is C22H20FN3OS2. The molecule has 0 aliphatic rings. The molecule has 0 unspecified atom stereocenters. The summed E-state index contributed by atoms with van der Waals surface area (Å²) < 4.78 is 15.6. The standard InChI is InChI=1S/C22H20FN3OS2/c1-12-8-18(14(3)26(12)17-7-5-6-16(23)9-17)19(27)10-28-21-20-13(2)15(4)29-22(20)25-11-24-21/h5-9,11H,10H2,1-4H3. The third kappa shape index (κ3) is 3.60. The Morgan fingerprint density at radius 3 is 2.72 bits per heavy atom. The molecule has 0 saturated heterocycles. The zero-order chi connectivity index (χ0) is 20.7.